The molecule has 0 radical (unpaired) electrons. The van der Waals surface area contributed by atoms with Crippen LogP contribution in [0.15, 0.2) is 42.5 Å². The number of hydrogen-bond donors (Lipinski definition) is 1. The summed E-state index contributed by atoms with van der Waals surface area (Å²) in [6.07, 6.45) is 0.147. The van der Waals surface area contributed by atoms with E-state index in [9.17, 15) is 9.59 Å². The number of halogens is 2. The van der Waals surface area contributed by atoms with Crippen LogP contribution >= 0.6 is 23.2 Å². The van der Waals surface area contributed by atoms with Crippen LogP contribution in [0.25, 0.3) is 0 Å². The molecule has 0 atom stereocenters. The minimum atomic E-state index is -0.197. The van der Waals surface area contributed by atoms with Gasteiger partial charge in [-0.2, -0.15) is 0 Å². The highest BCUT2D eigenvalue weighted by Crippen LogP contribution is 2.29. The molecule has 26 heavy (non-hydrogen) atoms. The molecule has 0 bridgehead atoms. The maximum Gasteiger partial charge on any atom is 0.226 e. The first-order chi connectivity index (χ1) is 12.3. The van der Waals surface area contributed by atoms with Gasteiger partial charge < -0.3 is 15.1 Å². The van der Waals surface area contributed by atoms with E-state index in [1.807, 2.05) is 43.3 Å². The molecule has 7 heteroatoms. The molecule has 0 heterocycles. The SMILES string of the molecule is CC(=O)N(CCC(=O)Nc1ccc(N(C)C)cc1)c1ccc(Cl)cc1Cl. The average molecular weight is 394 g/mol. The van der Waals surface area contributed by atoms with Gasteiger partial charge in [0, 0.05) is 50.4 Å². The zero-order chi connectivity index (χ0) is 19.3. The van der Waals surface area contributed by atoms with Crippen LogP contribution in [-0.4, -0.2) is 32.5 Å². The summed E-state index contributed by atoms with van der Waals surface area (Å²) in [4.78, 5) is 27.6. The predicted molar refractivity (Wildman–Crippen MR) is 109 cm³/mol. The van der Waals surface area contributed by atoms with E-state index in [1.165, 1.54) is 11.8 Å². The lowest BCUT2D eigenvalue weighted by atomic mass is 10.2. The van der Waals surface area contributed by atoms with Crippen LogP contribution in [0.5, 0.6) is 0 Å². The molecule has 0 aliphatic heterocycles. The van der Waals surface area contributed by atoms with Crippen LogP contribution in [0.3, 0.4) is 0 Å². The fourth-order valence-corrected chi connectivity index (χ4v) is 2.94. The van der Waals surface area contributed by atoms with Crippen molar-refractivity contribution >= 4 is 52.1 Å². The number of carbonyl (C=O) groups is 2. The first-order valence-corrected chi connectivity index (χ1v) is 8.84. The Balaban J connectivity index is 2.00. The number of anilines is 3. The average Bonchev–Trinajstić information content (AvgIpc) is 2.57. The molecule has 0 aliphatic carbocycles. The summed E-state index contributed by atoms with van der Waals surface area (Å²) in [6.45, 7) is 1.65. The number of rotatable bonds is 6. The van der Waals surface area contributed by atoms with Crippen LogP contribution in [0, 0.1) is 0 Å². The monoisotopic (exact) mass is 393 g/mol. The van der Waals surface area contributed by atoms with Gasteiger partial charge in [-0.25, -0.2) is 0 Å². The Labute approximate surface area is 163 Å². The lowest BCUT2D eigenvalue weighted by Crippen LogP contribution is -2.32. The van der Waals surface area contributed by atoms with Gasteiger partial charge in [-0.1, -0.05) is 23.2 Å². The van der Waals surface area contributed by atoms with Gasteiger partial charge in [0.15, 0.2) is 0 Å². The van der Waals surface area contributed by atoms with Gasteiger partial charge in [-0.3, -0.25) is 9.59 Å². The van der Waals surface area contributed by atoms with E-state index in [-0.39, 0.29) is 24.8 Å². The van der Waals surface area contributed by atoms with Crippen molar-refractivity contribution in [2.75, 3.05) is 35.8 Å². The van der Waals surface area contributed by atoms with Gasteiger partial charge in [-0.05, 0) is 42.5 Å². The van der Waals surface area contributed by atoms with E-state index in [0.29, 0.717) is 21.4 Å². The summed E-state index contributed by atoms with van der Waals surface area (Å²) in [6, 6.07) is 12.4. The fourth-order valence-electron chi connectivity index (χ4n) is 2.43. The van der Waals surface area contributed by atoms with Gasteiger partial charge in [0.2, 0.25) is 11.8 Å². The third kappa shape index (κ3) is 5.38. The molecule has 5 nitrogen and oxygen atoms in total. The molecular weight excluding hydrogens is 373 g/mol. The quantitative estimate of drug-likeness (QED) is 0.788. The second kappa shape index (κ2) is 8.92. The summed E-state index contributed by atoms with van der Waals surface area (Å²) < 4.78 is 0. The minimum absolute atomic E-state index is 0.147. The highest BCUT2D eigenvalue weighted by atomic mass is 35.5. The molecule has 2 aromatic carbocycles. The van der Waals surface area contributed by atoms with Crippen molar-refractivity contribution in [3.05, 3.63) is 52.5 Å². The summed E-state index contributed by atoms with van der Waals surface area (Å²) >= 11 is 12.1. The van der Waals surface area contributed by atoms with E-state index in [4.69, 9.17) is 23.2 Å². The van der Waals surface area contributed by atoms with E-state index < -0.39 is 0 Å². The number of amides is 2. The van der Waals surface area contributed by atoms with Crippen LogP contribution in [0.1, 0.15) is 13.3 Å². The molecular formula is C19H21Cl2N3O2. The molecule has 0 unspecified atom stereocenters. The molecule has 0 aromatic heterocycles. The summed E-state index contributed by atoms with van der Waals surface area (Å²) in [7, 11) is 3.90. The third-order valence-corrected chi connectivity index (χ3v) is 4.35. The van der Waals surface area contributed by atoms with E-state index in [2.05, 4.69) is 5.32 Å². The maximum absolute atomic E-state index is 12.2. The molecule has 2 aromatic rings. The highest BCUT2D eigenvalue weighted by molar-refractivity contribution is 6.36. The summed E-state index contributed by atoms with van der Waals surface area (Å²) in [5.41, 5.74) is 2.29. The summed E-state index contributed by atoms with van der Waals surface area (Å²) in [5, 5.41) is 3.68. The summed E-state index contributed by atoms with van der Waals surface area (Å²) in [5.74, 6) is -0.378. The van der Waals surface area contributed by atoms with Crippen molar-refractivity contribution in [2.45, 2.75) is 13.3 Å². The third-order valence-electron chi connectivity index (χ3n) is 3.81. The van der Waals surface area contributed by atoms with Crippen molar-refractivity contribution in [1.82, 2.24) is 0 Å². The number of carbonyl (C=O) groups excluding carboxylic acids is 2. The van der Waals surface area contributed by atoms with E-state index in [1.54, 1.807) is 18.2 Å². The largest absolute Gasteiger partial charge is 0.378 e. The number of nitrogens with zero attached hydrogens (tertiary/aromatic N) is 2. The first-order valence-electron chi connectivity index (χ1n) is 8.08. The van der Waals surface area contributed by atoms with Gasteiger partial charge >= 0.3 is 0 Å². The van der Waals surface area contributed by atoms with E-state index in [0.717, 1.165) is 5.69 Å². The Morgan fingerprint density at radius 3 is 2.23 bits per heavy atom. The van der Waals surface area contributed by atoms with Gasteiger partial charge in [0.05, 0.1) is 10.7 Å². The van der Waals surface area contributed by atoms with Crippen molar-refractivity contribution in [2.24, 2.45) is 0 Å². The van der Waals surface area contributed by atoms with Crippen molar-refractivity contribution in [1.29, 1.82) is 0 Å². The second-order valence-electron chi connectivity index (χ2n) is 6.01. The Bertz CT molecular complexity index is 792. The Morgan fingerprint density at radius 2 is 1.69 bits per heavy atom. The van der Waals surface area contributed by atoms with Crippen LogP contribution in [0.4, 0.5) is 17.1 Å². The predicted octanol–water partition coefficient (Wildman–Crippen LogP) is 4.44. The van der Waals surface area contributed by atoms with Gasteiger partial charge in [-0.15, -0.1) is 0 Å². The topological polar surface area (TPSA) is 52.7 Å². The molecule has 1 N–H and O–H groups in total. The Hall–Kier alpha value is -2.24. The van der Waals surface area contributed by atoms with Crippen LogP contribution < -0.4 is 15.1 Å². The Kier molecular flexibility index (Phi) is 6.89. The molecule has 0 saturated carbocycles. The van der Waals surface area contributed by atoms with Crippen molar-refractivity contribution in [3.63, 3.8) is 0 Å². The number of benzene rings is 2. The molecule has 0 aliphatic rings. The maximum atomic E-state index is 12.2. The molecule has 0 saturated heterocycles. The van der Waals surface area contributed by atoms with Gasteiger partial charge in [0.25, 0.3) is 0 Å². The van der Waals surface area contributed by atoms with Crippen molar-refractivity contribution in [3.8, 4) is 0 Å². The second-order valence-corrected chi connectivity index (χ2v) is 6.85. The number of nitrogens with one attached hydrogen (secondary N) is 1. The molecule has 0 fully saturated rings. The first kappa shape index (κ1) is 20.1. The standard InChI is InChI=1S/C19H21Cl2N3O2/c1-13(25)24(18-9-4-14(20)12-17(18)21)11-10-19(26)22-15-5-7-16(8-6-15)23(2)3/h4-9,12H,10-11H2,1-3H3,(H,22,26). The molecule has 2 amide bonds. The zero-order valence-corrected chi connectivity index (χ0v) is 16.4. The van der Waals surface area contributed by atoms with Crippen LogP contribution in [0.2, 0.25) is 10.0 Å². The van der Waals surface area contributed by atoms with E-state index >= 15 is 0 Å². The smallest absolute Gasteiger partial charge is 0.226 e. The van der Waals surface area contributed by atoms with Crippen LogP contribution in [-0.2, 0) is 9.59 Å². The zero-order valence-electron chi connectivity index (χ0n) is 14.9. The molecule has 2 rings (SSSR count). The lowest BCUT2D eigenvalue weighted by molar-refractivity contribution is -0.117. The fraction of sp³-hybridized carbons (Fsp3) is 0.263. The Morgan fingerprint density at radius 1 is 1.04 bits per heavy atom. The molecule has 0 spiro atoms. The highest BCUT2D eigenvalue weighted by Gasteiger charge is 2.16. The normalized spacial score (nSPS) is 10.3. The lowest BCUT2D eigenvalue weighted by Gasteiger charge is -2.22. The minimum Gasteiger partial charge on any atom is -0.378 e. The number of hydrogen-bond acceptors (Lipinski definition) is 3. The van der Waals surface area contributed by atoms with Crippen molar-refractivity contribution < 1.29 is 9.59 Å². The van der Waals surface area contributed by atoms with Gasteiger partial charge in [0.1, 0.15) is 0 Å². The molecule has 138 valence electrons.